The molecule has 1 unspecified atom stereocenters. The van der Waals surface area contributed by atoms with Crippen LogP contribution in [0.1, 0.15) is 29.5 Å². The van der Waals surface area contributed by atoms with E-state index in [4.69, 9.17) is 0 Å². The molecule has 190 valence electrons. The van der Waals surface area contributed by atoms with E-state index >= 15 is 0 Å². The van der Waals surface area contributed by atoms with Crippen molar-refractivity contribution < 1.29 is 23.1 Å². The van der Waals surface area contributed by atoms with Gasteiger partial charge in [0.15, 0.2) is 0 Å². The quantitative estimate of drug-likeness (QED) is 0.338. The number of allylic oxidation sites excluding steroid dienone is 1. The summed E-state index contributed by atoms with van der Waals surface area (Å²) in [6, 6.07) is 20.4. The predicted octanol–water partition coefficient (Wildman–Crippen LogP) is 6.95. The molecule has 38 heavy (non-hydrogen) atoms. The molecule has 0 bridgehead atoms. The van der Waals surface area contributed by atoms with Crippen molar-refractivity contribution in [1.82, 2.24) is 0 Å². The van der Waals surface area contributed by atoms with Crippen LogP contribution >= 0.6 is 11.8 Å². The number of benzene rings is 3. The van der Waals surface area contributed by atoms with Gasteiger partial charge in [-0.3, -0.25) is 10.3 Å². The number of alkyl halides is 3. The molecule has 2 heterocycles. The summed E-state index contributed by atoms with van der Waals surface area (Å²) in [6.45, 7) is 1.49. The minimum Gasteiger partial charge on any atom is -0.478 e. The number of nitriles is 1. The van der Waals surface area contributed by atoms with Crippen molar-refractivity contribution in [3.05, 3.63) is 111 Å². The number of fused-ring (bicyclic) bond motifs is 1. The molecule has 10 heteroatoms. The maximum atomic E-state index is 13.5. The molecule has 2 aliphatic rings. The smallest absolute Gasteiger partial charge is 0.416 e. The first-order chi connectivity index (χ1) is 18.1. The molecule has 0 saturated heterocycles. The second-order valence-corrected chi connectivity index (χ2v) is 9.72. The lowest BCUT2D eigenvalue weighted by atomic mass is 9.79. The first kappa shape index (κ1) is 25.2. The number of nitrogens with one attached hydrogen (secondary N) is 2. The van der Waals surface area contributed by atoms with Gasteiger partial charge in [-0.15, -0.1) is 0 Å². The van der Waals surface area contributed by atoms with E-state index in [2.05, 4.69) is 5.32 Å². The van der Waals surface area contributed by atoms with Crippen LogP contribution < -0.4 is 10.2 Å². The Morgan fingerprint density at radius 1 is 1.11 bits per heavy atom. The molecule has 3 N–H and O–H groups in total. The van der Waals surface area contributed by atoms with E-state index in [1.165, 1.54) is 35.7 Å². The van der Waals surface area contributed by atoms with Crippen LogP contribution in [0, 0.1) is 16.7 Å². The largest absolute Gasteiger partial charge is 0.478 e. The normalized spacial score (nSPS) is 19.2. The molecule has 0 spiro atoms. The first-order valence-electron chi connectivity index (χ1n) is 11.4. The van der Waals surface area contributed by atoms with Gasteiger partial charge < -0.3 is 10.4 Å². The molecule has 0 aliphatic carbocycles. The molecular weight excluding hydrogens is 513 g/mol. The van der Waals surface area contributed by atoms with Crippen molar-refractivity contribution in [2.24, 2.45) is 0 Å². The van der Waals surface area contributed by atoms with Gasteiger partial charge in [0.25, 0.3) is 0 Å². The summed E-state index contributed by atoms with van der Waals surface area (Å²) in [4.78, 5) is 14.8. The number of para-hydroxylation sites is 1. The first-order valence-corrected chi connectivity index (χ1v) is 12.2. The van der Waals surface area contributed by atoms with Gasteiger partial charge in [-0.05, 0) is 55.0 Å². The summed E-state index contributed by atoms with van der Waals surface area (Å²) in [7, 11) is 0. The van der Waals surface area contributed by atoms with Gasteiger partial charge in [0.2, 0.25) is 0 Å². The Kier molecular flexibility index (Phi) is 6.25. The lowest BCUT2D eigenvalue weighted by molar-refractivity contribution is -0.137. The van der Waals surface area contributed by atoms with Crippen LogP contribution in [0.15, 0.2) is 99.6 Å². The van der Waals surface area contributed by atoms with Crippen molar-refractivity contribution in [3.8, 4) is 6.07 Å². The van der Waals surface area contributed by atoms with E-state index < -0.39 is 23.6 Å². The zero-order chi connectivity index (χ0) is 27.2. The molecule has 0 amide bonds. The molecule has 6 nitrogen and oxygen atoms in total. The van der Waals surface area contributed by atoms with Gasteiger partial charge in [-0.1, -0.05) is 42.1 Å². The van der Waals surface area contributed by atoms with Crippen LogP contribution in [0.3, 0.4) is 0 Å². The summed E-state index contributed by atoms with van der Waals surface area (Å²) in [5, 5.41) is 32.6. The van der Waals surface area contributed by atoms with E-state index in [0.717, 1.165) is 22.7 Å². The molecule has 0 fully saturated rings. The highest BCUT2D eigenvalue weighted by atomic mass is 32.2. The number of carbonyl (C=O) groups is 1. The number of halogens is 3. The van der Waals surface area contributed by atoms with Crippen molar-refractivity contribution >= 4 is 34.9 Å². The number of aliphatic carboxylic acids is 1. The second kappa shape index (κ2) is 9.43. The molecule has 0 aromatic heterocycles. The van der Waals surface area contributed by atoms with Crippen LogP contribution in [0.2, 0.25) is 0 Å². The minimum atomic E-state index is -4.61. The fourth-order valence-corrected chi connectivity index (χ4v) is 5.76. The average Bonchev–Trinajstić information content (AvgIpc) is 3.31. The molecule has 0 saturated carbocycles. The number of rotatable bonds is 3. The number of hydrogen-bond donors (Lipinski definition) is 3. The van der Waals surface area contributed by atoms with E-state index in [9.17, 15) is 33.7 Å². The van der Waals surface area contributed by atoms with Crippen LogP contribution in [0.25, 0.3) is 0 Å². The van der Waals surface area contributed by atoms with Crippen molar-refractivity contribution in [3.63, 3.8) is 0 Å². The molecular formula is C28H19F3N4O2S. The van der Waals surface area contributed by atoms with Crippen LogP contribution in [0.4, 0.5) is 24.5 Å². The van der Waals surface area contributed by atoms with Gasteiger partial charge in [-0.2, -0.15) is 18.4 Å². The Hall–Kier alpha value is -4.49. The number of carboxylic acid groups (broad SMARTS) is 1. The fraction of sp³-hybridized carbons (Fsp3) is 0.107. The topological polar surface area (TPSA) is 100 Å². The van der Waals surface area contributed by atoms with E-state index in [0.29, 0.717) is 21.7 Å². The third kappa shape index (κ3) is 4.31. The Morgan fingerprint density at radius 2 is 1.82 bits per heavy atom. The second-order valence-electron chi connectivity index (χ2n) is 8.67. The van der Waals surface area contributed by atoms with Gasteiger partial charge in [0.05, 0.1) is 33.5 Å². The summed E-state index contributed by atoms with van der Waals surface area (Å²) < 4.78 is 40.6. The van der Waals surface area contributed by atoms with Crippen molar-refractivity contribution in [1.29, 1.82) is 10.7 Å². The summed E-state index contributed by atoms with van der Waals surface area (Å²) in [5.74, 6) is -2.33. The Balaban J connectivity index is 1.77. The van der Waals surface area contributed by atoms with Crippen LogP contribution in [-0.2, 0) is 11.0 Å². The number of carboxylic acids is 1. The van der Waals surface area contributed by atoms with Crippen LogP contribution in [0.5, 0.6) is 0 Å². The molecule has 2 aliphatic heterocycles. The highest BCUT2D eigenvalue weighted by Crippen LogP contribution is 2.50. The lowest BCUT2D eigenvalue weighted by Gasteiger charge is -2.38. The summed E-state index contributed by atoms with van der Waals surface area (Å²) in [5.41, 5.74) is 1.17. The summed E-state index contributed by atoms with van der Waals surface area (Å²) >= 11 is 1.33. The number of anilines is 2. The van der Waals surface area contributed by atoms with Crippen molar-refractivity contribution in [2.75, 3.05) is 10.2 Å². The molecule has 1 atom stereocenters. The van der Waals surface area contributed by atoms with Gasteiger partial charge in [0.1, 0.15) is 5.84 Å². The van der Waals surface area contributed by atoms with E-state index in [1.54, 1.807) is 24.3 Å². The lowest BCUT2D eigenvalue weighted by Crippen LogP contribution is -2.40. The van der Waals surface area contributed by atoms with E-state index in [1.807, 2.05) is 30.3 Å². The number of hydrogen-bond acceptors (Lipinski definition) is 5. The molecule has 3 aromatic rings. The Labute approximate surface area is 220 Å². The molecule has 0 radical (unpaired) electrons. The number of thioether (sulfide) groups is 1. The van der Waals surface area contributed by atoms with Gasteiger partial charge in [-0.25, -0.2) is 4.79 Å². The standard InChI is InChI=1S/C28H19F3N4O2S/c1-15-22(27(36)37)23(17-11-9-16(14-32)10-12-17)24(26-34-20-7-2-3-8-21(20)38-26)25(33)35(15)19-6-4-5-18(13-19)28(29,30)31/h2-13,23,33-34H,1H3,(H,36,37). The van der Waals surface area contributed by atoms with Crippen molar-refractivity contribution in [2.45, 2.75) is 23.9 Å². The Morgan fingerprint density at radius 3 is 2.45 bits per heavy atom. The maximum Gasteiger partial charge on any atom is 0.416 e. The Bertz CT molecular complexity index is 1560. The monoisotopic (exact) mass is 532 g/mol. The molecule has 3 aromatic carbocycles. The highest BCUT2D eigenvalue weighted by Gasteiger charge is 2.42. The zero-order valence-electron chi connectivity index (χ0n) is 19.8. The third-order valence-corrected chi connectivity index (χ3v) is 7.51. The highest BCUT2D eigenvalue weighted by molar-refractivity contribution is 8.03. The zero-order valence-corrected chi connectivity index (χ0v) is 20.6. The maximum absolute atomic E-state index is 13.5. The van der Waals surface area contributed by atoms with Crippen LogP contribution in [-0.4, -0.2) is 16.9 Å². The molecule has 5 rings (SSSR count). The van der Waals surface area contributed by atoms with Gasteiger partial charge >= 0.3 is 12.1 Å². The van der Waals surface area contributed by atoms with E-state index in [-0.39, 0.29) is 22.8 Å². The fourth-order valence-electron chi connectivity index (χ4n) is 4.68. The third-order valence-electron chi connectivity index (χ3n) is 6.41. The number of amidine groups is 1. The van der Waals surface area contributed by atoms with Gasteiger partial charge in [0, 0.05) is 27.8 Å². The SMILES string of the molecule is CC1=C(C(=O)O)C(c2ccc(C#N)cc2)C(=C2Nc3ccccc3S2)C(=N)N1c1cccc(C(F)(F)F)c1. The average molecular weight is 533 g/mol. The summed E-state index contributed by atoms with van der Waals surface area (Å²) in [6.07, 6.45) is -4.61. The minimum absolute atomic E-state index is 0.0259. The predicted molar refractivity (Wildman–Crippen MR) is 139 cm³/mol. The number of nitrogens with zero attached hydrogens (tertiary/aromatic N) is 2.